The minimum absolute atomic E-state index is 0.163. The van der Waals surface area contributed by atoms with Crippen molar-refractivity contribution in [1.82, 2.24) is 9.03 Å². The van der Waals surface area contributed by atoms with E-state index in [9.17, 15) is 17.2 Å². The highest BCUT2D eigenvalue weighted by molar-refractivity contribution is 7.87. The molecule has 5 nitrogen and oxygen atoms in total. The molecule has 1 aromatic carbocycles. The van der Waals surface area contributed by atoms with Gasteiger partial charge in [-0.05, 0) is 17.5 Å². The number of benzene rings is 1. The van der Waals surface area contributed by atoms with Crippen molar-refractivity contribution in [3.63, 3.8) is 0 Å². The Kier molecular flexibility index (Phi) is 4.38. The maximum absolute atomic E-state index is 12.9. The lowest BCUT2D eigenvalue weighted by Gasteiger charge is -2.28. The quantitative estimate of drug-likeness (QED) is 0.832. The van der Waals surface area contributed by atoms with Gasteiger partial charge in [0.25, 0.3) is 16.1 Å². The van der Waals surface area contributed by atoms with E-state index in [4.69, 9.17) is 5.11 Å². The predicted octanol–water partition coefficient (Wildman–Crippen LogP) is 0.507. The second kappa shape index (κ2) is 5.72. The fourth-order valence-corrected chi connectivity index (χ4v) is 3.24. The molecule has 1 heterocycles. The number of hydrogen-bond donors (Lipinski definition) is 2. The molecule has 0 saturated heterocycles. The largest absolute Gasteiger partial charge is 0.390 e. The Morgan fingerprint density at radius 1 is 1.30 bits per heavy atom. The Balaban J connectivity index is 2.05. The van der Waals surface area contributed by atoms with Gasteiger partial charge in [0.1, 0.15) is 6.61 Å². The van der Waals surface area contributed by atoms with Crippen LogP contribution in [0, 0.1) is 0 Å². The van der Waals surface area contributed by atoms with E-state index in [0.29, 0.717) is 6.42 Å². The van der Waals surface area contributed by atoms with E-state index >= 15 is 0 Å². The van der Waals surface area contributed by atoms with Gasteiger partial charge in [-0.2, -0.15) is 17.4 Å². The van der Waals surface area contributed by atoms with Crippen LogP contribution < -0.4 is 4.72 Å². The molecule has 1 aliphatic heterocycles. The zero-order chi connectivity index (χ0) is 14.8. The molecule has 1 aromatic rings. The minimum Gasteiger partial charge on any atom is -0.390 e. The first kappa shape index (κ1) is 15.3. The molecule has 20 heavy (non-hydrogen) atoms. The molecule has 0 aliphatic carbocycles. The molecule has 2 rings (SSSR count). The Morgan fingerprint density at radius 2 is 1.95 bits per heavy atom. The van der Waals surface area contributed by atoms with E-state index in [1.807, 2.05) is 29.0 Å². The predicted molar refractivity (Wildman–Crippen MR) is 69.5 cm³/mol. The molecular formula is C12H16F2N2O3S. The van der Waals surface area contributed by atoms with Crippen LogP contribution in [0.3, 0.4) is 0 Å². The van der Waals surface area contributed by atoms with Crippen molar-refractivity contribution in [2.45, 2.75) is 18.9 Å². The van der Waals surface area contributed by atoms with Crippen LogP contribution in [0.25, 0.3) is 0 Å². The highest BCUT2D eigenvalue weighted by Crippen LogP contribution is 2.20. The lowest BCUT2D eigenvalue weighted by molar-refractivity contribution is -0.0439. The van der Waals surface area contributed by atoms with Gasteiger partial charge in [-0.3, -0.25) is 0 Å². The molecule has 0 spiro atoms. The first-order valence-electron chi connectivity index (χ1n) is 6.14. The molecule has 0 fully saturated rings. The van der Waals surface area contributed by atoms with Crippen LogP contribution in [0.1, 0.15) is 11.1 Å². The smallest absolute Gasteiger partial charge is 0.283 e. The molecule has 0 unspecified atom stereocenters. The number of aliphatic hydroxyl groups excluding tert-OH is 1. The van der Waals surface area contributed by atoms with Crippen molar-refractivity contribution in [2.75, 3.05) is 19.7 Å². The fourth-order valence-electron chi connectivity index (χ4n) is 2.02. The summed E-state index contributed by atoms with van der Waals surface area (Å²) in [6.45, 7) is -2.09. The number of nitrogens with zero attached hydrogens (tertiary/aromatic N) is 1. The van der Waals surface area contributed by atoms with E-state index < -0.39 is 29.3 Å². The lowest BCUT2D eigenvalue weighted by atomic mass is 10.0. The van der Waals surface area contributed by atoms with Crippen LogP contribution in [0.5, 0.6) is 0 Å². The Labute approximate surface area is 116 Å². The van der Waals surface area contributed by atoms with Crippen molar-refractivity contribution in [2.24, 2.45) is 0 Å². The second-order valence-corrected chi connectivity index (χ2v) is 6.45. The summed E-state index contributed by atoms with van der Waals surface area (Å²) < 4.78 is 52.7. The average molecular weight is 306 g/mol. The molecule has 1 aliphatic rings. The standard InChI is InChI=1S/C12H16F2N2O3S/c13-12(14,9-17)8-15-20(18,19)16-6-5-10-3-1-2-4-11(10)7-16/h1-4,15,17H,5-9H2. The zero-order valence-electron chi connectivity index (χ0n) is 10.7. The van der Waals surface area contributed by atoms with Gasteiger partial charge in [-0.25, -0.2) is 8.78 Å². The Hall–Kier alpha value is -1.09. The van der Waals surface area contributed by atoms with E-state index in [-0.39, 0.29) is 13.1 Å². The number of fused-ring (bicyclic) bond motifs is 1. The van der Waals surface area contributed by atoms with Crippen LogP contribution in [0.4, 0.5) is 8.78 Å². The van der Waals surface area contributed by atoms with Gasteiger partial charge in [0.2, 0.25) is 0 Å². The monoisotopic (exact) mass is 306 g/mol. The summed E-state index contributed by atoms with van der Waals surface area (Å²) in [5.41, 5.74) is 1.94. The summed E-state index contributed by atoms with van der Waals surface area (Å²) >= 11 is 0. The molecule has 0 amide bonds. The van der Waals surface area contributed by atoms with E-state index in [1.54, 1.807) is 0 Å². The van der Waals surface area contributed by atoms with Crippen molar-refractivity contribution >= 4 is 10.2 Å². The lowest BCUT2D eigenvalue weighted by Crippen LogP contribution is -2.47. The molecule has 2 N–H and O–H groups in total. The van der Waals surface area contributed by atoms with Gasteiger partial charge in [0, 0.05) is 13.1 Å². The highest BCUT2D eigenvalue weighted by Gasteiger charge is 2.33. The summed E-state index contributed by atoms with van der Waals surface area (Å²) in [4.78, 5) is 0. The number of aliphatic hydroxyl groups is 1. The summed E-state index contributed by atoms with van der Waals surface area (Å²) in [7, 11) is -3.98. The Morgan fingerprint density at radius 3 is 2.60 bits per heavy atom. The fraction of sp³-hybridized carbons (Fsp3) is 0.500. The van der Waals surface area contributed by atoms with Crippen LogP contribution in [-0.2, 0) is 23.2 Å². The number of rotatable bonds is 5. The maximum Gasteiger partial charge on any atom is 0.283 e. The Bertz CT molecular complexity index is 578. The second-order valence-electron chi connectivity index (χ2n) is 4.69. The first-order chi connectivity index (χ1) is 9.34. The SMILES string of the molecule is O=S(=O)(NCC(F)(F)CO)N1CCc2ccccc2C1. The zero-order valence-corrected chi connectivity index (χ0v) is 11.5. The van der Waals surface area contributed by atoms with E-state index in [1.165, 1.54) is 0 Å². The molecular weight excluding hydrogens is 290 g/mol. The van der Waals surface area contributed by atoms with Crippen molar-refractivity contribution < 1.29 is 22.3 Å². The van der Waals surface area contributed by atoms with Gasteiger partial charge in [-0.15, -0.1) is 0 Å². The van der Waals surface area contributed by atoms with Crippen LogP contribution in [0.15, 0.2) is 24.3 Å². The molecule has 0 bridgehead atoms. The topological polar surface area (TPSA) is 69.6 Å². The van der Waals surface area contributed by atoms with Gasteiger partial charge in [-0.1, -0.05) is 24.3 Å². The van der Waals surface area contributed by atoms with Crippen LogP contribution in [-0.4, -0.2) is 43.4 Å². The minimum atomic E-state index is -3.98. The van der Waals surface area contributed by atoms with E-state index in [0.717, 1.165) is 15.4 Å². The molecule has 0 aromatic heterocycles. The number of alkyl halides is 2. The molecule has 112 valence electrons. The average Bonchev–Trinajstić information content (AvgIpc) is 2.45. The molecule has 0 saturated carbocycles. The van der Waals surface area contributed by atoms with Crippen LogP contribution in [0.2, 0.25) is 0 Å². The number of halogens is 2. The van der Waals surface area contributed by atoms with Gasteiger partial charge in [0.05, 0.1) is 6.54 Å². The van der Waals surface area contributed by atoms with Crippen molar-refractivity contribution in [3.8, 4) is 0 Å². The third-order valence-corrected chi connectivity index (χ3v) is 4.68. The van der Waals surface area contributed by atoms with Crippen molar-refractivity contribution in [1.29, 1.82) is 0 Å². The van der Waals surface area contributed by atoms with Gasteiger partial charge < -0.3 is 5.11 Å². The highest BCUT2D eigenvalue weighted by atomic mass is 32.2. The normalized spacial score (nSPS) is 16.9. The van der Waals surface area contributed by atoms with Gasteiger partial charge in [0.15, 0.2) is 0 Å². The molecule has 8 heteroatoms. The number of nitrogens with one attached hydrogen (secondary N) is 1. The summed E-state index contributed by atoms with van der Waals surface area (Å²) in [6.07, 6.45) is 0.549. The third kappa shape index (κ3) is 3.51. The number of hydrogen-bond acceptors (Lipinski definition) is 3. The third-order valence-electron chi connectivity index (χ3n) is 3.18. The van der Waals surface area contributed by atoms with Crippen molar-refractivity contribution in [3.05, 3.63) is 35.4 Å². The molecule has 0 atom stereocenters. The van der Waals surface area contributed by atoms with Gasteiger partial charge >= 0.3 is 0 Å². The summed E-state index contributed by atoms with van der Waals surface area (Å²) in [5.74, 6) is -3.46. The maximum atomic E-state index is 12.9. The van der Waals surface area contributed by atoms with E-state index in [2.05, 4.69) is 0 Å². The summed E-state index contributed by atoms with van der Waals surface area (Å²) in [6, 6.07) is 7.43. The van der Waals surface area contributed by atoms with Crippen LogP contribution >= 0.6 is 0 Å². The first-order valence-corrected chi connectivity index (χ1v) is 7.58. The summed E-state index contributed by atoms with van der Waals surface area (Å²) in [5, 5.41) is 8.43. The molecule has 0 radical (unpaired) electrons.